The number of carbonyl (C=O) groups is 2. The summed E-state index contributed by atoms with van der Waals surface area (Å²) in [6, 6.07) is 12.8. The number of amides is 2. The van der Waals surface area contributed by atoms with Crippen LogP contribution in [0.15, 0.2) is 60.9 Å². The van der Waals surface area contributed by atoms with Gasteiger partial charge in [0.05, 0.1) is 28.4 Å². The molecule has 2 aromatic carbocycles. The van der Waals surface area contributed by atoms with Crippen molar-refractivity contribution in [3.8, 4) is 5.75 Å². The highest BCUT2D eigenvalue weighted by Gasteiger charge is 2.14. The largest absolute Gasteiger partial charge is 0.495 e. The van der Waals surface area contributed by atoms with E-state index in [2.05, 4.69) is 15.6 Å². The number of nitrogens with one attached hydrogen (secondary N) is 2. The average molecular weight is 416 g/mol. The summed E-state index contributed by atoms with van der Waals surface area (Å²) in [6.45, 7) is 0. The summed E-state index contributed by atoms with van der Waals surface area (Å²) in [4.78, 5) is 28.9. The molecule has 0 aliphatic rings. The highest BCUT2D eigenvalue weighted by atomic mass is 35.5. The maximum absolute atomic E-state index is 12.6. The molecule has 28 heavy (non-hydrogen) atoms. The highest BCUT2D eigenvalue weighted by molar-refractivity contribution is 6.42. The Labute approximate surface area is 171 Å². The minimum Gasteiger partial charge on any atom is -0.495 e. The van der Waals surface area contributed by atoms with Crippen LogP contribution < -0.4 is 15.4 Å². The fourth-order valence-electron chi connectivity index (χ4n) is 2.42. The molecule has 0 fully saturated rings. The van der Waals surface area contributed by atoms with Crippen LogP contribution in [-0.2, 0) is 0 Å². The summed E-state index contributed by atoms with van der Waals surface area (Å²) in [5, 5.41) is 6.19. The number of pyridine rings is 1. The Kier molecular flexibility index (Phi) is 6.13. The third kappa shape index (κ3) is 4.60. The molecule has 0 spiro atoms. The van der Waals surface area contributed by atoms with Crippen molar-refractivity contribution in [2.45, 2.75) is 0 Å². The lowest BCUT2D eigenvalue weighted by Crippen LogP contribution is -2.15. The van der Waals surface area contributed by atoms with Crippen molar-refractivity contribution in [1.29, 1.82) is 0 Å². The number of hydrogen-bond donors (Lipinski definition) is 2. The molecule has 8 heteroatoms. The third-order valence-electron chi connectivity index (χ3n) is 3.81. The van der Waals surface area contributed by atoms with Crippen molar-refractivity contribution >= 4 is 46.4 Å². The van der Waals surface area contributed by atoms with Gasteiger partial charge in [0, 0.05) is 23.6 Å². The number of ether oxygens (including phenoxy) is 1. The van der Waals surface area contributed by atoms with E-state index in [1.807, 2.05) is 0 Å². The molecule has 0 radical (unpaired) electrons. The van der Waals surface area contributed by atoms with Crippen molar-refractivity contribution in [2.75, 3.05) is 17.7 Å². The summed E-state index contributed by atoms with van der Waals surface area (Å²) >= 11 is 11.9. The molecule has 1 heterocycles. The predicted molar refractivity (Wildman–Crippen MR) is 110 cm³/mol. The number of nitrogens with zero attached hydrogens (tertiary/aromatic N) is 1. The number of methoxy groups -OCH3 is 1. The van der Waals surface area contributed by atoms with Gasteiger partial charge in [-0.25, -0.2) is 0 Å². The molecule has 3 rings (SSSR count). The van der Waals surface area contributed by atoms with E-state index >= 15 is 0 Å². The van der Waals surface area contributed by atoms with Crippen LogP contribution in [0.4, 0.5) is 11.4 Å². The SMILES string of the molecule is COc1ccc(C(=O)Nc2ccc(Cl)c(Cl)c2)cc1NC(=O)c1cccnc1. The number of rotatable bonds is 5. The fraction of sp³-hybridized carbons (Fsp3) is 0.0500. The molecule has 2 N–H and O–H groups in total. The first-order valence-electron chi connectivity index (χ1n) is 8.14. The molecular formula is C20H15Cl2N3O3. The van der Waals surface area contributed by atoms with E-state index < -0.39 is 0 Å². The van der Waals surface area contributed by atoms with Gasteiger partial charge in [-0.3, -0.25) is 14.6 Å². The van der Waals surface area contributed by atoms with E-state index in [4.69, 9.17) is 27.9 Å². The third-order valence-corrected chi connectivity index (χ3v) is 4.55. The molecule has 0 saturated carbocycles. The van der Waals surface area contributed by atoms with E-state index in [-0.39, 0.29) is 11.8 Å². The molecule has 2 amide bonds. The maximum atomic E-state index is 12.6. The second kappa shape index (κ2) is 8.73. The molecule has 0 aliphatic carbocycles. The van der Waals surface area contributed by atoms with Crippen LogP contribution in [0, 0.1) is 0 Å². The van der Waals surface area contributed by atoms with E-state index in [1.165, 1.54) is 19.4 Å². The van der Waals surface area contributed by atoms with Gasteiger partial charge >= 0.3 is 0 Å². The average Bonchev–Trinajstić information content (AvgIpc) is 2.71. The molecular weight excluding hydrogens is 401 g/mol. The normalized spacial score (nSPS) is 10.2. The van der Waals surface area contributed by atoms with Crippen molar-refractivity contribution in [3.05, 3.63) is 82.1 Å². The molecule has 0 saturated heterocycles. The quantitative estimate of drug-likeness (QED) is 0.620. The van der Waals surface area contributed by atoms with Crippen molar-refractivity contribution in [3.63, 3.8) is 0 Å². The van der Waals surface area contributed by atoms with Crippen LogP contribution in [0.25, 0.3) is 0 Å². The molecule has 3 aromatic rings. The van der Waals surface area contributed by atoms with Crippen molar-refractivity contribution < 1.29 is 14.3 Å². The lowest BCUT2D eigenvalue weighted by atomic mass is 10.1. The minimum absolute atomic E-state index is 0.327. The summed E-state index contributed by atoms with van der Waals surface area (Å²) in [7, 11) is 1.48. The Morgan fingerprint density at radius 1 is 0.929 bits per heavy atom. The van der Waals surface area contributed by atoms with Gasteiger partial charge < -0.3 is 15.4 Å². The number of anilines is 2. The number of aromatic nitrogens is 1. The lowest BCUT2D eigenvalue weighted by molar-refractivity contribution is 0.101. The Bertz CT molecular complexity index is 1030. The van der Waals surface area contributed by atoms with Gasteiger partial charge in [0.1, 0.15) is 5.75 Å². The van der Waals surface area contributed by atoms with Gasteiger partial charge in [-0.2, -0.15) is 0 Å². The van der Waals surface area contributed by atoms with Crippen LogP contribution in [0.5, 0.6) is 5.75 Å². The molecule has 0 unspecified atom stereocenters. The maximum Gasteiger partial charge on any atom is 0.257 e. The number of halogens is 2. The predicted octanol–water partition coefficient (Wildman–Crippen LogP) is 4.90. The van der Waals surface area contributed by atoms with Gasteiger partial charge in [0.15, 0.2) is 0 Å². The Morgan fingerprint density at radius 3 is 2.39 bits per heavy atom. The number of carbonyl (C=O) groups excluding carboxylic acids is 2. The summed E-state index contributed by atoms with van der Waals surface area (Å²) in [5.74, 6) is -0.324. The summed E-state index contributed by atoms with van der Waals surface area (Å²) < 4.78 is 5.27. The lowest BCUT2D eigenvalue weighted by Gasteiger charge is -2.12. The minimum atomic E-state index is -0.377. The molecule has 142 valence electrons. The summed E-state index contributed by atoms with van der Waals surface area (Å²) in [6.07, 6.45) is 3.02. The van der Waals surface area contributed by atoms with E-state index in [9.17, 15) is 9.59 Å². The van der Waals surface area contributed by atoms with Crippen LogP contribution >= 0.6 is 23.2 Å². The van der Waals surface area contributed by atoms with Gasteiger partial charge in [0.25, 0.3) is 11.8 Å². The highest BCUT2D eigenvalue weighted by Crippen LogP contribution is 2.28. The Hall–Kier alpha value is -3.09. The van der Waals surface area contributed by atoms with E-state index in [0.717, 1.165) is 0 Å². The molecule has 1 aromatic heterocycles. The molecule has 6 nitrogen and oxygen atoms in total. The van der Waals surface area contributed by atoms with Gasteiger partial charge in [-0.05, 0) is 48.5 Å². The monoisotopic (exact) mass is 415 g/mol. The van der Waals surface area contributed by atoms with Crippen LogP contribution in [0.2, 0.25) is 10.0 Å². The molecule has 0 atom stereocenters. The Morgan fingerprint density at radius 2 is 1.71 bits per heavy atom. The van der Waals surface area contributed by atoms with Crippen molar-refractivity contribution in [1.82, 2.24) is 4.98 Å². The number of benzene rings is 2. The topological polar surface area (TPSA) is 80.3 Å². The van der Waals surface area contributed by atoms with Crippen LogP contribution in [-0.4, -0.2) is 23.9 Å². The smallest absolute Gasteiger partial charge is 0.257 e. The Balaban J connectivity index is 1.82. The zero-order chi connectivity index (χ0) is 20.1. The molecule has 0 bridgehead atoms. The fourth-order valence-corrected chi connectivity index (χ4v) is 2.71. The second-order valence-corrected chi connectivity index (χ2v) is 6.51. The zero-order valence-corrected chi connectivity index (χ0v) is 16.2. The first-order chi connectivity index (χ1) is 13.5. The van der Waals surface area contributed by atoms with E-state index in [1.54, 1.807) is 48.7 Å². The second-order valence-electron chi connectivity index (χ2n) is 5.69. The van der Waals surface area contributed by atoms with E-state index in [0.29, 0.717) is 38.3 Å². The van der Waals surface area contributed by atoms with Gasteiger partial charge in [0.2, 0.25) is 0 Å². The summed E-state index contributed by atoms with van der Waals surface area (Å²) in [5.41, 5.74) is 1.57. The molecule has 0 aliphatic heterocycles. The van der Waals surface area contributed by atoms with Gasteiger partial charge in [-0.15, -0.1) is 0 Å². The first kappa shape index (κ1) is 19.7. The van der Waals surface area contributed by atoms with Crippen molar-refractivity contribution in [2.24, 2.45) is 0 Å². The van der Waals surface area contributed by atoms with Gasteiger partial charge in [-0.1, -0.05) is 23.2 Å². The van der Waals surface area contributed by atoms with Crippen LogP contribution in [0.3, 0.4) is 0 Å². The number of hydrogen-bond acceptors (Lipinski definition) is 4. The standard InChI is InChI=1S/C20H15Cl2N3O3/c1-28-18-7-4-12(19(26)24-14-5-6-15(21)16(22)10-14)9-17(18)25-20(27)13-3-2-8-23-11-13/h2-11H,1H3,(H,24,26)(H,25,27). The van der Waals surface area contributed by atoms with Crippen LogP contribution in [0.1, 0.15) is 20.7 Å². The first-order valence-corrected chi connectivity index (χ1v) is 8.89. The zero-order valence-electron chi connectivity index (χ0n) is 14.7.